The fraction of sp³-hybridized carbons (Fsp3) is 0.286. The SMILES string of the molecule is Cc1ccc(-c2nc(CSc3nnc(Cc4cccs4)n3C3CC3)co2)cc1. The van der Waals surface area contributed by atoms with Gasteiger partial charge >= 0.3 is 0 Å². The topological polar surface area (TPSA) is 56.7 Å². The molecule has 0 N–H and O–H groups in total. The molecule has 0 radical (unpaired) electrons. The third-order valence-electron chi connectivity index (χ3n) is 4.76. The van der Waals surface area contributed by atoms with E-state index < -0.39 is 0 Å². The highest BCUT2D eigenvalue weighted by molar-refractivity contribution is 7.98. The van der Waals surface area contributed by atoms with E-state index in [1.165, 1.54) is 23.3 Å². The summed E-state index contributed by atoms with van der Waals surface area (Å²) in [5.41, 5.74) is 3.15. The van der Waals surface area contributed by atoms with Gasteiger partial charge in [0.25, 0.3) is 0 Å². The Hall–Kier alpha value is -2.38. The van der Waals surface area contributed by atoms with Gasteiger partial charge in [0.15, 0.2) is 5.16 Å². The molecule has 4 aromatic rings. The van der Waals surface area contributed by atoms with Crippen molar-refractivity contribution in [2.75, 3.05) is 0 Å². The molecule has 142 valence electrons. The predicted molar refractivity (Wildman–Crippen MR) is 112 cm³/mol. The van der Waals surface area contributed by atoms with Crippen molar-refractivity contribution in [3.8, 4) is 11.5 Å². The summed E-state index contributed by atoms with van der Waals surface area (Å²) in [7, 11) is 0. The van der Waals surface area contributed by atoms with Crippen LogP contribution in [0.25, 0.3) is 11.5 Å². The molecule has 0 amide bonds. The summed E-state index contributed by atoms with van der Waals surface area (Å²) in [5, 5.41) is 12.0. The van der Waals surface area contributed by atoms with E-state index >= 15 is 0 Å². The van der Waals surface area contributed by atoms with Crippen LogP contribution in [0.15, 0.2) is 57.6 Å². The standard InChI is InChI=1S/C21H20N4OS2/c1-14-4-6-15(7-5-14)20-22-16(12-26-20)13-28-21-24-23-19(25(21)17-8-9-17)11-18-3-2-10-27-18/h2-7,10,12,17H,8-9,11,13H2,1H3. The molecule has 0 unspecified atom stereocenters. The van der Waals surface area contributed by atoms with Crippen LogP contribution < -0.4 is 0 Å². The van der Waals surface area contributed by atoms with Crippen LogP contribution in [-0.2, 0) is 12.2 Å². The van der Waals surface area contributed by atoms with Gasteiger partial charge in [0, 0.05) is 28.7 Å². The maximum atomic E-state index is 5.68. The van der Waals surface area contributed by atoms with Gasteiger partial charge in [-0.25, -0.2) is 4.98 Å². The molecule has 0 bridgehead atoms. The number of nitrogens with zero attached hydrogens (tertiary/aromatic N) is 4. The Kier molecular flexibility index (Phi) is 4.78. The second-order valence-electron chi connectivity index (χ2n) is 7.05. The number of aromatic nitrogens is 4. The molecule has 1 fully saturated rings. The van der Waals surface area contributed by atoms with Crippen LogP contribution in [0.5, 0.6) is 0 Å². The lowest BCUT2D eigenvalue weighted by atomic mass is 10.1. The van der Waals surface area contributed by atoms with E-state index in [0.717, 1.165) is 34.4 Å². The molecule has 3 heterocycles. The largest absolute Gasteiger partial charge is 0.444 e. The fourth-order valence-electron chi connectivity index (χ4n) is 3.14. The average molecular weight is 409 g/mol. The Balaban J connectivity index is 1.30. The number of thioether (sulfide) groups is 1. The van der Waals surface area contributed by atoms with Gasteiger partial charge in [-0.1, -0.05) is 35.5 Å². The predicted octanol–water partition coefficient (Wildman–Crippen LogP) is 5.52. The number of thiophene rings is 1. The van der Waals surface area contributed by atoms with Gasteiger partial charge in [-0.05, 0) is 43.3 Å². The number of hydrogen-bond acceptors (Lipinski definition) is 6. The lowest BCUT2D eigenvalue weighted by Gasteiger charge is -2.07. The lowest BCUT2D eigenvalue weighted by molar-refractivity contribution is 0.573. The van der Waals surface area contributed by atoms with Gasteiger partial charge in [0.1, 0.15) is 12.1 Å². The Morgan fingerprint density at radius 1 is 1.18 bits per heavy atom. The number of benzene rings is 1. The normalized spacial score (nSPS) is 13.9. The number of hydrogen-bond donors (Lipinski definition) is 0. The van der Waals surface area contributed by atoms with Crippen molar-refractivity contribution >= 4 is 23.1 Å². The molecule has 1 aliphatic rings. The lowest BCUT2D eigenvalue weighted by Crippen LogP contribution is -2.03. The first-order valence-corrected chi connectivity index (χ1v) is 11.2. The van der Waals surface area contributed by atoms with Crippen molar-refractivity contribution in [3.05, 3.63) is 70.0 Å². The second kappa shape index (κ2) is 7.56. The number of oxazole rings is 1. The molecule has 28 heavy (non-hydrogen) atoms. The van der Waals surface area contributed by atoms with Crippen LogP contribution >= 0.6 is 23.1 Å². The van der Waals surface area contributed by atoms with Crippen molar-refractivity contribution in [2.45, 2.75) is 43.1 Å². The van der Waals surface area contributed by atoms with Crippen molar-refractivity contribution in [1.29, 1.82) is 0 Å². The van der Waals surface area contributed by atoms with E-state index in [1.807, 2.05) is 12.1 Å². The second-order valence-corrected chi connectivity index (χ2v) is 9.03. The van der Waals surface area contributed by atoms with Crippen molar-refractivity contribution in [3.63, 3.8) is 0 Å². The van der Waals surface area contributed by atoms with E-state index in [1.54, 1.807) is 29.4 Å². The first kappa shape index (κ1) is 17.7. The Morgan fingerprint density at radius 3 is 2.79 bits per heavy atom. The molecular weight excluding hydrogens is 388 g/mol. The molecule has 5 rings (SSSR count). The number of aryl methyl sites for hydroxylation is 1. The Labute approximate surface area is 171 Å². The molecule has 5 nitrogen and oxygen atoms in total. The van der Waals surface area contributed by atoms with Crippen LogP contribution in [0.2, 0.25) is 0 Å². The number of rotatable bonds is 7. The molecule has 7 heteroatoms. The van der Waals surface area contributed by atoms with Gasteiger partial charge < -0.3 is 8.98 Å². The van der Waals surface area contributed by atoms with Crippen LogP contribution in [0.4, 0.5) is 0 Å². The highest BCUT2D eigenvalue weighted by Gasteiger charge is 2.29. The van der Waals surface area contributed by atoms with Gasteiger partial charge in [-0.3, -0.25) is 0 Å². The van der Waals surface area contributed by atoms with E-state index in [4.69, 9.17) is 4.42 Å². The zero-order chi connectivity index (χ0) is 18.9. The highest BCUT2D eigenvalue weighted by Crippen LogP contribution is 2.39. The summed E-state index contributed by atoms with van der Waals surface area (Å²) in [5.74, 6) is 2.45. The molecule has 0 spiro atoms. The van der Waals surface area contributed by atoms with Crippen molar-refractivity contribution < 1.29 is 4.42 Å². The van der Waals surface area contributed by atoms with Crippen LogP contribution in [0.3, 0.4) is 0 Å². The van der Waals surface area contributed by atoms with E-state index in [-0.39, 0.29) is 0 Å². The van der Waals surface area contributed by atoms with Crippen LogP contribution in [0, 0.1) is 6.92 Å². The average Bonchev–Trinajstić information content (AvgIpc) is 3.11. The molecule has 1 saturated carbocycles. The van der Waals surface area contributed by atoms with Crippen molar-refractivity contribution in [1.82, 2.24) is 19.7 Å². The summed E-state index contributed by atoms with van der Waals surface area (Å²) in [4.78, 5) is 5.96. The first-order chi connectivity index (χ1) is 13.8. The minimum atomic E-state index is 0.549. The molecule has 0 saturated heterocycles. The summed E-state index contributed by atoms with van der Waals surface area (Å²) in [6.45, 7) is 2.07. The fourth-order valence-corrected chi connectivity index (χ4v) is 4.74. The van der Waals surface area contributed by atoms with Crippen LogP contribution in [-0.4, -0.2) is 19.7 Å². The monoisotopic (exact) mass is 408 g/mol. The van der Waals surface area contributed by atoms with Crippen molar-refractivity contribution in [2.24, 2.45) is 0 Å². The molecular formula is C21H20N4OS2. The third-order valence-corrected chi connectivity index (χ3v) is 6.61. The summed E-state index contributed by atoms with van der Waals surface area (Å²) >= 11 is 3.45. The summed E-state index contributed by atoms with van der Waals surface area (Å²) in [6.07, 6.45) is 5.02. The van der Waals surface area contributed by atoms with Crippen LogP contribution in [0.1, 0.15) is 40.8 Å². The van der Waals surface area contributed by atoms with Gasteiger partial charge in [0.2, 0.25) is 5.89 Å². The first-order valence-electron chi connectivity index (χ1n) is 9.36. The molecule has 0 aliphatic heterocycles. The zero-order valence-corrected chi connectivity index (χ0v) is 17.2. The Bertz CT molecular complexity index is 1060. The maximum Gasteiger partial charge on any atom is 0.226 e. The molecule has 1 aliphatic carbocycles. The third kappa shape index (κ3) is 3.77. The van der Waals surface area contributed by atoms with E-state index in [9.17, 15) is 0 Å². The smallest absolute Gasteiger partial charge is 0.226 e. The van der Waals surface area contributed by atoms with E-state index in [0.29, 0.717) is 11.9 Å². The highest BCUT2D eigenvalue weighted by atomic mass is 32.2. The van der Waals surface area contributed by atoms with E-state index in [2.05, 4.69) is 56.3 Å². The minimum Gasteiger partial charge on any atom is -0.444 e. The van der Waals surface area contributed by atoms with Gasteiger partial charge in [-0.15, -0.1) is 21.5 Å². The maximum absolute atomic E-state index is 5.68. The van der Waals surface area contributed by atoms with Gasteiger partial charge in [0.05, 0.1) is 5.69 Å². The summed E-state index contributed by atoms with van der Waals surface area (Å²) in [6, 6.07) is 13.0. The Morgan fingerprint density at radius 2 is 2.04 bits per heavy atom. The molecule has 0 atom stereocenters. The quantitative estimate of drug-likeness (QED) is 0.377. The zero-order valence-electron chi connectivity index (χ0n) is 15.5. The molecule has 3 aromatic heterocycles. The minimum absolute atomic E-state index is 0.549. The van der Waals surface area contributed by atoms with Gasteiger partial charge in [-0.2, -0.15) is 0 Å². The molecule has 1 aromatic carbocycles. The summed E-state index contributed by atoms with van der Waals surface area (Å²) < 4.78 is 8.00.